The van der Waals surface area contributed by atoms with Gasteiger partial charge in [-0.1, -0.05) is 19.9 Å². The van der Waals surface area contributed by atoms with Gasteiger partial charge in [0.1, 0.15) is 0 Å². The molecule has 0 unspecified atom stereocenters. The monoisotopic (exact) mass is 324 g/mol. The molecule has 0 bridgehead atoms. The Bertz CT molecular complexity index is 476. The largest absolute Gasteiger partial charge is 0.483 e. The Morgan fingerprint density at radius 2 is 1.95 bits per heavy atom. The highest BCUT2D eigenvalue weighted by molar-refractivity contribution is 8.02. The minimum absolute atomic E-state index is 0.250. The van der Waals surface area contributed by atoms with E-state index in [1.807, 2.05) is 25.8 Å². The van der Waals surface area contributed by atoms with Crippen LogP contribution in [0.4, 0.5) is 5.69 Å². The number of carboxylic acid groups (broad SMARTS) is 1. The van der Waals surface area contributed by atoms with E-state index in [0.717, 1.165) is 6.54 Å². The summed E-state index contributed by atoms with van der Waals surface area (Å²) in [5, 5.41) is 6.89. The highest BCUT2D eigenvalue weighted by atomic mass is 32.2. The zero-order chi connectivity index (χ0) is 16.6. The van der Waals surface area contributed by atoms with Crippen LogP contribution < -0.4 is 4.72 Å². The van der Waals surface area contributed by atoms with Crippen LogP contribution in [0.25, 0.3) is 0 Å². The molecule has 0 radical (unpaired) electrons. The average molecular weight is 324 g/mol. The summed E-state index contributed by atoms with van der Waals surface area (Å²) in [5.41, 5.74) is 4.29. The molecule has 2 N–H and O–H groups in total. The summed E-state index contributed by atoms with van der Waals surface area (Å²) in [6.45, 7) is 8.36. The molecule has 2 aliphatic rings. The van der Waals surface area contributed by atoms with Crippen molar-refractivity contribution >= 4 is 24.1 Å². The van der Waals surface area contributed by atoms with Crippen LogP contribution in [-0.2, 0) is 17.8 Å². The smallest absolute Gasteiger partial charge is 0.290 e. The Balaban J connectivity index is 0.000000435. The number of rotatable bonds is 3. The van der Waals surface area contributed by atoms with Gasteiger partial charge in [0.25, 0.3) is 6.47 Å². The first-order valence-electron chi connectivity index (χ1n) is 7.88. The van der Waals surface area contributed by atoms with Gasteiger partial charge < -0.3 is 14.7 Å². The fourth-order valence-electron chi connectivity index (χ4n) is 2.22. The Morgan fingerprint density at radius 3 is 2.55 bits per heavy atom. The minimum Gasteiger partial charge on any atom is -0.483 e. The van der Waals surface area contributed by atoms with Gasteiger partial charge in [-0.15, -0.1) is 0 Å². The van der Waals surface area contributed by atoms with Gasteiger partial charge in [-0.3, -0.25) is 4.79 Å². The quantitative estimate of drug-likeness (QED) is 0.650. The second-order valence-electron chi connectivity index (χ2n) is 5.73. The molecule has 3 rings (SSSR count). The lowest BCUT2D eigenvalue weighted by Gasteiger charge is -2.25. The molecule has 5 heteroatoms. The molecule has 4 nitrogen and oxygen atoms in total. The summed E-state index contributed by atoms with van der Waals surface area (Å²) >= 11 is 1.89. The zero-order valence-corrected chi connectivity index (χ0v) is 14.9. The first-order chi connectivity index (χ1) is 10.6. The van der Waals surface area contributed by atoms with E-state index in [-0.39, 0.29) is 6.47 Å². The standard InChI is InChI=1S/C14H20N2S.C2H6.CH2O2/c1-14(6-7-14)17-15-13-4-3-12-10-16(2)8-5-11(12)9-13;1-2;2-1-3/h3-4,9,15H,5-8,10H2,1-2H3;1-2H3;1H,(H,2,3). The van der Waals surface area contributed by atoms with Crippen molar-refractivity contribution in [2.75, 3.05) is 18.3 Å². The molecule has 1 heterocycles. The summed E-state index contributed by atoms with van der Waals surface area (Å²) in [6.07, 6.45) is 3.88. The molecule has 0 amide bonds. The van der Waals surface area contributed by atoms with E-state index in [4.69, 9.17) is 9.90 Å². The van der Waals surface area contributed by atoms with Crippen LogP contribution in [0.1, 0.15) is 44.7 Å². The van der Waals surface area contributed by atoms with E-state index in [0.29, 0.717) is 4.75 Å². The van der Waals surface area contributed by atoms with Crippen molar-refractivity contribution in [1.82, 2.24) is 4.90 Å². The first-order valence-corrected chi connectivity index (χ1v) is 8.70. The Morgan fingerprint density at radius 1 is 1.32 bits per heavy atom. The third-order valence-electron chi connectivity index (χ3n) is 3.78. The molecule has 1 aromatic rings. The Kier molecular flexibility index (Phi) is 7.76. The van der Waals surface area contributed by atoms with E-state index in [1.54, 1.807) is 0 Å². The van der Waals surface area contributed by atoms with E-state index < -0.39 is 0 Å². The van der Waals surface area contributed by atoms with E-state index in [1.165, 1.54) is 42.6 Å². The number of likely N-dealkylation sites (N-methyl/N-ethyl adjacent to an activating group) is 1. The molecular formula is C17H28N2O2S. The molecule has 1 aromatic carbocycles. The molecule has 1 fully saturated rings. The zero-order valence-electron chi connectivity index (χ0n) is 14.1. The summed E-state index contributed by atoms with van der Waals surface area (Å²) in [6, 6.07) is 6.83. The van der Waals surface area contributed by atoms with Crippen LogP contribution in [0.2, 0.25) is 0 Å². The summed E-state index contributed by atoms with van der Waals surface area (Å²) in [4.78, 5) is 10.7. The molecule has 0 saturated heterocycles. The fourth-order valence-corrected chi connectivity index (χ4v) is 3.02. The van der Waals surface area contributed by atoms with E-state index in [9.17, 15) is 0 Å². The van der Waals surface area contributed by atoms with Gasteiger partial charge in [0.2, 0.25) is 0 Å². The topological polar surface area (TPSA) is 52.6 Å². The number of nitrogens with one attached hydrogen (secondary N) is 1. The SMILES string of the molecule is CC.CN1CCc2cc(NSC3(C)CC3)ccc2C1.O=CO. The normalized spacial score (nSPS) is 17.8. The highest BCUT2D eigenvalue weighted by Crippen LogP contribution is 2.47. The maximum atomic E-state index is 8.36. The number of carbonyl (C=O) groups is 1. The van der Waals surface area contributed by atoms with Crippen molar-refractivity contribution in [3.63, 3.8) is 0 Å². The Labute approximate surface area is 138 Å². The minimum atomic E-state index is -0.250. The van der Waals surface area contributed by atoms with E-state index >= 15 is 0 Å². The van der Waals surface area contributed by atoms with Crippen molar-refractivity contribution < 1.29 is 9.90 Å². The lowest BCUT2D eigenvalue weighted by Crippen LogP contribution is -2.26. The van der Waals surface area contributed by atoms with Crippen LogP contribution in [0.15, 0.2) is 18.2 Å². The summed E-state index contributed by atoms with van der Waals surface area (Å²) in [7, 11) is 2.19. The molecule has 0 aromatic heterocycles. The predicted octanol–water partition coefficient (Wildman–Crippen LogP) is 4.01. The number of nitrogens with zero attached hydrogens (tertiary/aromatic N) is 1. The van der Waals surface area contributed by atoms with Gasteiger partial charge in [0.05, 0.1) is 0 Å². The average Bonchev–Trinajstić information content (AvgIpc) is 3.26. The molecule has 1 aliphatic carbocycles. The van der Waals surface area contributed by atoms with Gasteiger partial charge >= 0.3 is 0 Å². The summed E-state index contributed by atoms with van der Waals surface area (Å²) < 4.78 is 4.01. The third-order valence-corrected chi connectivity index (χ3v) is 5.02. The molecule has 22 heavy (non-hydrogen) atoms. The first kappa shape index (κ1) is 18.8. The fraction of sp³-hybridized carbons (Fsp3) is 0.588. The van der Waals surface area contributed by atoms with Crippen molar-refractivity contribution in [2.24, 2.45) is 0 Å². The van der Waals surface area contributed by atoms with Crippen LogP contribution >= 0.6 is 11.9 Å². The second kappa shape index (κ2) is 9.06. The number of fused-ring (bicyclic) bond motifs is 1. The van der Waals surface area contributed by atoms with Crippen LogP contribution in [-0.4, -0.2) is 34.8 Å². The summed E-state index contributed by atoms with van der Waals surface area (Å²) in [5.74, 6) is 0. The van der Waals surface area contributed by atoms with Gasteiger partial charge in [0.15, 0.2) is 0 Å². The van der Waals surface area contributed by atoms with Gasteiger partial charge in [-0.25, -0.2) is 0 Å². The van der Waals surface area contributed by atoms with E-state index in [2.05, 4.69) is 41.8 Å². The number of benzene rings is 1. The van der Waals surface area contributed by atoms with Crippen molar-refractivity contribution in [3.05, 3.63) is 29.3 Å². The molecule has 1 aliphatic heterocycles. The van der Waals surface area contributed by atoms with Crippen molar-refractivity contribution in [1.29, 1.82) is 0 Å². The molecule has 1 saturated carbocycles. The van der Waals surface area contributed by atoms with Crippen molar-refractivity contribution in [3.8, 4) is 0 Å². The van der Waals surface area contributed by atoms with Gasteiger partial charge in [-0.2, -0.15) is 0 Å². The lowest BCUT2D eigenvalue weighted by molar-refractivity contribution is -0.122. The number of hydrogen-bond donors (Lipinski definition) is 2. The molecule has 0 spiro atoms. The van der Waals surface area contributed by atoms with Gasteiger partial charge in [-0.05, 0) is 68.4 Å². The van der Waals surface area contributed by atoms with Crippen molar-refractivity contribution in [2.45, 2.75) is 51.3 Å². The molecule has 124 valence electrons. The van der Waals surface area contributed by atoms with Gasteiger partial charge in [0, 0.05) is 23.5 Å². The number of anilines is 1. The Hall–Kier alpha value is -1.20. The maximum absolute atomic E-state index is 8.36. The van der Waals surface area contributed by atoms with Crippen LogP contribution in [0.5, 0.6) is 0 Å². The van der Waals surface area contributed by atoms with Crippen LogP contribution in [0, 0.1) is 0 Å². The molecule has 0 atom stereocenters. The number of hydrogen-bond acceptors (Lipinski definition) is 4. The van der Waals surface area contributed by atoms with Crippen LogP contribution in [0.3, 0.4) is 0 Å². The highest BCUT2D eigenvalue weighted by Gasteiger charge is 2.38. The second-order valence-corrected chi connectivity index (χ2v) is 7.12. The third kappa shape index (κ3) is 5.89. The lowest BCUT2D eigenvalue weighted by atomic mass is 10.00. The molecular weight excluding hydrogens is 296 g/mol. The maximum Gasteiger partial charge on any atom is 0.290 e. The predicted molar refractivity (Wildman–Crippen MR) is 95.4 cm³/mol.